The van der Waals surface area contributed by atoms with E-state index in [2.05, 4.69) is 37.0 Å². The molecule has 11 nitrogen and oxygen atoms in total. The van der Waals surface area contributed by atoms with Crippen LogP contribution < -0.4 is 26.0 Å². The third-order valence-electron chi connectivity index (χ3n) is 8.60. The highest BCUT2D eigenvalue weighted by Crippen LogP contribution is 2.33. The van der Waals surface area contributed by atoms with Crippen molar-refractivity contribution in [1.29, 1.82) is 0 Å². The third-order valence-corrected chi connectivity index (χ3v) is 8.60. The van der Waals surface area contributed by atoms with E-state index in [1.165, 1.54) is 4.57 Å². The van der Waals surface area contributed by atoms with E-state index >= 15 is 0 Å². The highest BCUT2D eigenvalue weighted by molar-refractivity contribution is 6.06. The van der Waals surface area contributed by atoms with E-state index in [0.717, 1.165) is 69.7 Å². The van der Waals surface area contributed by atoms with Gasteiger partial charge in [-0.15, -0.1) is 0 Å². The van der Waals surface area contributed by atoms with Crippen LogP contribution in [0, 0.1) is 0 Å². The molecule has 2 saturated heterocycles. The minimum Gasteiger partial charge on any atom is -0.392 e. The van der Waals surface area contributed by atoms with Gasteiger partial charge in [0.2, 0.25) is 0 Å². The van der Waals surface area contributed by atoms with E-state index in [1.54, 1.807) is 36.5 Å². The van der Waals surface area contributed by atoms with Crippen LogP contribution in [-0.2, 0) is 18.4 Å². The Bertz CT molecular complexity index is 1620. The molecule has 0 aliphatic carbocycles. The number of nitrogens with zero attached hydrogens (tertiary/aromatic N) is 6. The molecule has 0 saturated carbocycles. The molecular formula is C33H40N8O3. The molecule has 2 fully saturated rings. The third kappa shape index (κ3) is 6.11. The van der Waals surface area contributed by atoms with Gasteiger partial charge < -0.3 is 30.1 Å². The lowest BCUT2D eigenvalue weighted by Gasteiger charge is -2.37. The van der Waals surface area contributed by atoms with E-state index in [4.69, 9.17) is 0 Å². The van der Waals surface area contributed by atoms with Gasteiger partial charge in [-0.1, -0.05) is 18.6 Å². The van der Waals surface area contributed by atoms with E-state index in [9.17, 15) is 14.7 Å². The second kappa shape index (κ2) is 13.0. The lowest BCUT2D eigenvalue weighted by atomic mass is 10.0. The molecule has 0 bridgehead atoms. The molecule has 0 aromatic carbocycles. The van der Waals surface area contributed by atoms with Crippen LogP contribution in [0.1, 0.15) is 31.2 Å². The number of piperazine rings is 2. The van der Waals surface area contributed by atoms with E-state index < -0.39 is 0 Å². The monoisotopic (exact) mass is 596 g/mol. The molecule has 6 heterocycles. The quantitative estimate of drug-likeness (QED) is 0.394. The van der Waals surface area contributed by atoms with Crippen LogP contribution in [0.15, 0.2) is 71.6 Å². The molecule has 230 valence electrons. The lowest BCUT2D eigenvalue weighted by Crippen LogP contribution is -2.49. The van der Waals surface area contributed by atoms with Gasteiger partial charge in [0.05, 0.1) is 18.5 Å². The van der Waals surface area contributed by atoms with Gasteiger partial charge in [-0.05, 0) is 55.2 Å². The Labute approximate surface area is 257 Å². The molecule has 3 aromatic heterocycles. The highest BCUT2D eigenvalue weighted by Gasteiger charge is 2.32. The van der Waals surface area contributed by atoms with Crippen molar-refractivity contribution >= 4 is 28.9 Å². The second-order valence-electron chi connectivity index (χ2n) is 11.6. The molecule has 0 unspecified atom stereocenters. The maximum absolute atomic E-state index is 13.9. The summed E-state index contributed by atoms with van der Waals surface area (Å²) in [6.07, 6.45) is 11.2. The molecule has 3 aromatic rings. The number of pyridine rings is 3. The predicted octanol–water partition coefficient (Wildman–Crippen LogP) is 3.15. The molecule has 3 aliphatic heterocycles. The molecule has 3 N–H and O–H groups in total. The zero-order chi connectivity index (χ0) is 30.6. The molecular weight excluding hydrogens is 556 g/mol. The van der Waals surface area contributed by atoms with Crippen LogP contribution in [0.25, 0.3) is 11.1 Å². The molecule has 0 atom stereocenters. The average Bonchev–Trinajstić information content (AvgIpc) is 3.14. The minimum absolute atomic E-state index is 0.142. The van der Waals surface area contributed by atoms with Gasteiger partial charge in [0.15, 0.2) is 0 Å². The van der Waals surface area contributed by atoms with Crippen LogP contribution in [-0.4, -0.2) is 76.3 Å². The fraction of sp³-hybridized carbons (Fsp3) is 0.394. The van der Waals surface area contributed by atoms with Gasteiger partial charge in [0.1, 0.15) is 23.0 Å². The normalized spacial score (nSPS) is 19.0. The summed E-state index contributed by atoms with van der Waals surface area (Å²) >= 11 is 0. The zero-order valence-electron chi connectivity index (χ0n) is 25.3. The topological polar surface area (TPSA) is 119 Å². The largest absolute Gasteiger partial charge is 0.392 e. The van der Waals surface area contributed by atoms with Crippen LogP contribution in [0.3, 0.4) is 0 Å². The fourth-order valence-electron chi connectivity index (χ4n) is 6.20. The number of allylic oxidation sites excluding steroid dienone is 2. The van der Waals surface area contributed by atoms with Gasteiger partial charge >= 0.3 is 0 Å². The number of nitrogens with one attached hydrogen (secondary N) is 2. The summed E-state index contributed by atoms with van der Waals surface area (Å²) in [7, 11) is 1.69. The molecule has 0 spiro atoms. The van der Waals surface area contributed by atoms with Crippen molar-refractivity contribution in [1.82, 2.24) is 24.8 Å². The smallest absolute Gasteiger partial charge is 0.275 e. The van der Waals surface area contributed by atoms with Crippen molar-refractivity contribution in [2.24, 2.45) is 7.05 Å². The maximum Gasteiger partial charge on any atom is 0.275 e. The predicted molar refractivity (Wildman–Crippen MR) is 173 cm³/mol. The number of carbonyl (C=O) groups excluding carboxylic acids is 1. The molecule has 0 radical (unpaired) electrons. The fourth-order valence-corrected chi connectivity index (χ4v) is 6.20. The van der Waals surface area contributed by atoms with Crippen LogP contribution >= 0.6 is 0 Å². The Morgan fingerprint density at radius 3 is 2.61 bits per heavy atom. The van der Waals surface area contributed by atoms with Crippen molar-refractivity contribution in [3.63, 3.8) is 0 Å². The van der Waals surface area contributed by atoms with Crippen LogP contribution in [0.4, 0.5) is 23.0 Å². The second-order valence-corrected chi connectivity index (χ2v) is 11.6. The van der Waals surface area contributed by atoms with Crippen LogP contribution in [0.2, 0.25) is 0 Å². The van der Waals surface area contributed by atoms with Crippen molar-refractivity contribution < 1.29 is 9.90 Å². The summed E-state index contributed by atoms with van der Waals surface area (Å²) in [4.78, 5) is 42.2. The number of aliphatic hydroxyl groups excluding tert-OH is 1. The maximum atomic E-state index is 13.9. The number of aryl methyl sites for hydroxylation is 1. The molecule has 11 heteroatoms. The average molecular weight is 597 g/mol. The van der Waals surface area contributed by atoms with Crippen molar-refractivity contribution in [2.75, 3.05) is 60.9 Å². The Hall–Kier alpha value is -4.48. The molecule has 44 heavy (non-hydrogen) atoms. The van der Waals surface area contributed by atoms with Crippen molar-refractivity contribution in [3.8, 4) is 11.1 Å². The number of hydrogen-bond donors (Lipinski definition) is 3. The first-order valence-corrected chi connectivity index (χ1v) is 15.4. The van der Waals surface area contributed by atoms with Crippen molar-refractivity contribution in [3.05, 3.63) is 82.7 Å². The van der Waals surface area contributed by atoms with E-state index in [0.29, 0.717) is 52.8 Å². The minimum atomic E-state index is -0.321. The molecule has 3 aliphatic rings. The van der Waals surface area contributed by atoms with E-state index in [-0.39, 0.29) is 18.1 Å². The standard InChI is InChI=1S/C33H40N8O3/c1-23-6-4-3-5-13-40-16-17-41(33(44)29(40)18-23)31-27(22-42)26(9-10-35-31)24-19-28(32(43)38(2)21-24)37-30-8-7-25(20-36-30)39-14-11-34-12-15-39/h7-10,18-21,34,42H,1,3-6,11-17,22H2,2H3,(H,36,37)/b29-18-. The first kappa shape index (κ1) is 29.6. The summed E-state index contributed by atoms with van der Waals surface area (Å²) in [5.74, 6) is 0.843. The number of hydrogen-bond acceptors (Lipinski definition) is 9. The Morgan fingerprint density at radius 1 is 1.00 bits per heavy atom. The first-order valence-electron chi connectivity index (χ1n) is 15.4. The number of amides is 1. The number of anilines is 4. The Balaban J connectivity index is 1.30. The van der Waals surface area contributed by atoms with Crippen molar-refractivity contribution in [2.45, 2.75) is 32.3 Å². The Morgan fingerprint density at radius 2 is 1.84 bits per heavy atom. The number of carbonyl (C=O) groups is 1. The number of aliphatic hydroxyl groups is 1. The SMILES string of the molecule is C=C1/C=C2/C(=O)N(c3nccc(-c4cc(Nc5ccc(N6CCNCC6)cn5)c(=O)n(C)c4)c3CO)CCN2CCCCC1. The Kier molecular flexibility index (Phi) is 8.76. The molecule has 6 rings (SSSR count). The van der Waals surface area contributed by atoms with Gasteiger partial charge in [-0.2, -0.15) is 0 Å². The van der Waals surface area contributed by atoms with Gasteiger partial charge in [-0.25, -0.2) is 9.97 Å². The summed E-state index contributed by atoms with van der Waals surface area (Å²) in [6.45, 7) is 9.55. The summed E-state index contributed by atoms with van der Waals surface area (Å²) in [5.41, 5.74) is 4.70. The van der Waals surface area contributed by atoms with Gasteiger partial charge in [0, 0.05) is 76.4 Å². The van der Waals surface area contributed by atoms with E-state index in [1.807, 2.05) is 24.4 Å². The zero-order valence-corrected chi connectivity index (χ0v) is 25.3. The summed E-state index contributed by atoms with van der Waals surface area (Å²) in [6, 6.07) is 7.45. The number of rotatable bonds is 6. The number of fused-ring (bicyclic) bond motifs is 1. The summed E-state index contributed by atoms with van der Waals surface area (Å²) < 4.78 is 1.51. The first-order chi connectivity index (χ1) is 21.4. The van der Waals surface area contributed by atoms with Crippen LogP contribution in [0.5, 0.6) is 0 Å². The molecule has 1 amide bonds. The number of aromatic nitrogens is 3. The van der Waals surface area contributed by atoms with Gasteiger partial charge in [0.25, 0.3) is 11.5 Å². The summed E-state index contributed by atoms with van der Waals surface area (Å²) in [5, 5.41) is 17.2. The highest BCUT2D eigenvalue weighted by atomic mass is 16.3. The van der Waals surface area contributed by atoms with Gasteiger partial charge in [-0.3, -0.25) is 14.5 Å². The lowest BCUT2D eigenvalue weighted by molar-refractivity contribution is -0.117.